The van der Waals surface area contributed by atoms with Gasteiger partial charge in [-0.05, 0) is 61.7 Å². The second kappa shape index (κ2) is 12.9. The molecule has 0 saturated heterocycles. The van der Waals surface area contributed by atoms with E-state index < -0.39 is 12.0 Å². The minimum absolute atomic E-state index is 0.192. The Labute approximate surface area is 241 Å². The third kappa shape index (κ3) is 6.24. The molecular formula is C29H30Cl2N2O5S. The molecule has 0 aliphatic carbocycles. The van der Waals surface area contributed by atoms with Crippen LogP contribution in [0.2, 0.25) is 10.0 Å². The zero-order valence-electron chi connectivity index (χ0n) is 22.3. The van der Waals surface area contributed by atoms with Gasteiger partial charge in [0, 0.05) is 0 Å². The van der Waals surface area contributed by atoms with Crippen LogP contribution in [-0.4, -0.2) is 30.9 Å². The van der Waals surface area contributed by atoms with Crippen LogP contribution < -0.4 is 24.4 Å². The van der Waals surface area contributed by atoms with Gasteiger partial charge < -0.3 is 14.2 Å². The summed E-state index contributed by atoms with van der Waals surface area (Å²) < 4.78 is 18.9. The highest BCUT2D eigenvalue weighted by molar-refractivity contribution is 7.07. The van der Waals surface area contributed by atoms with E-state index >= 15 is 0 Å². The van der Waals surface area contributed by atoms with Crippen LogP contribution in [0.25, 0.3) is 6.08 Å². The highest BCUT2D eigenvalue weighted by atomic mass is 35.5. The summed E-state index contributed by atoms with van der Waals surface area (Å²) >= 11 is 13.5. The number of nitrogens with zero attached hydrogens (tertiary/aromatic N) is 2. The minimum atomic E-state index is -0.765. The van der Waals surface area contributed by atoms with Crippen molar-refractivity contribution in [1.82, 2.24) is 4.57 Å². The first-order valence-corrected chi connectivity index (χ1v) is 14.3. The molecule has 10 heteroatoms. The molecule has 1 aromatic heterocycles. The molecule has 0 fully saturated rings. The van der Waals surface area contributed by atoms with E-state index in [4.69, 9.17) is 37.4 Å². The van der Waals surface area contributed by atoms with Gasteiger partial charge in [0.05, 0.1) is 52.2 Å². The summed E-state index contributed by atoms with van der Waals surface area (Å²) in [4.78, 5) is 32.1. The number of halogens is 2. The number of fused-ring (bicyclic) bond motifs is 1. The summed E-state index contributed by atoms with van der Waals surface area (Å²) in [7, 11) is 1.56. The first-order chi connectivity index (χ1) is 18.8. The summed E-state index contributed by atoms with van der Waals surface area (Å²) in [6.45, 7) is 6.39. The van der Waals surface area contributed by atoms with Crippen LogP contribution in [0.3, 0.4) is 0 Å². The molecule has 0 N–H and O–H groups in total. The monoisotopic (exact) mass is 588 g/mol. The number of methoxy groups -OCH3 is 1. The molecule has 0 radical (unpaired) electrons. The van der Waals surface area contributed by atoms with Crippen molar-refractivity contribution < 1.29 is 19.0 Å². The molecular weight excluding hydrogens is 559 g/mol. The van der Waals surface area contributed by atoms with Crippen LogP contribution in [0, 0.1) is 0 Å². The molecule has 3 aromatic rings. The van der Waals surface area contributed by atoms with Crippen LogP contribution in [-0.2, 0) is 9.53 Å². The van der Waals surface area contributed by atoms with E-state index in [1.54, 1.807) is 51.3 Å². The second-order valence-electron chi connectivity index (χ2n) is 8.94. The summed E-state index contributed by atoms with van der Waals surface area (Å²) in [5, 5.41) is 0.817. The van der Waals surface area contributed by atoms with Crippen molar-refractivity contribution in [3.63, 3.8) is 0 Å². The van der Waals surface area contributed by atoms with Crippen molar-refractivity contribution >= 4 is 46.6 Å². The maximum atomic E-state index is 13.8. The lowest BCUT2D eigenvalue weighted by Crippen LogP contribution is -2.40. The molecule has 0 bridgehead atoms. The first-order valence-electron chi connectivity index (χ1n) is 12.7. The maximum Gasteiger partial charge on any atom is 0.338 e. The standard InChI is InChI=1S/C29H30Cl2N2O5S/c1-5-7-8-13-38-22-12-10-19(16-23(22)36-4)26-25(28(35)37-6-2)17(3)32-29-33(26)27(34)24(39-29)15-18-9-11-20(30)21(31)14-18/h9-12,14-16,26H,5-8,13H2,1-4H3. The van der Waals surface area contributed by atoms with E-state index in [1.165, 1.54) is 15.9 Å². The molecule has 206 valence electrons. The third-order valence-corrected chi connectivity index (χ3v) is 7.99. The molecule has 0 spiro atoms. The number of rotatable bonds is 10. The van der Waals surface area contributed by atoms with E-state index in [0.717, 1.165) is 24.8 Å². The summed E-state index contributed by atoms with van der Waals surface area (Å²) in [6, 6.07) is 9.84. The number of carbonyl (C=O) groups is 1. The Morgan fingerprint density at radius 1 is 1.10 bits per heavy atom. The SMILES string of the molecule is CCCCCOc1ccc(C2C(C(=O)OCC)=C(C)N=c3sc(=Cc4ccc(Cl)c(Cl)c4)c(=O)n32)cc1OC. The number of aromatic nitrogens is 1. The Balaban J connectivity index is 1.86. The molecule has 0 amide bonds. The minimum Gasteiger partial charge on any atom is -0.493 e. The molecule has 1 aliphatic rings. The van der Waals surface area contributed by atoms with Crippen molar-refractivity contribution in [2.75, 3.05) is 20.3 Å². The van der Waals surface area contributed by atoms with E-state index in [2.05, 4.69) is 11.9 Å². The van der Waals surface area contributed by atoms with Gasteiger partial charge in [-0.15, -0.1) is 0 Å². The topological polar surface area (TPSA) is 79.1 Å². The Hall–Kier alpha value is -3.07. The van der Waals surface area contributed by atoms with Gasteiger partial charge in [-0.25, -0.2) is 9.79 Å². The number of benzene rings is 2. The number of esters is 1. The second-order valence-corrected chi connectivity index (χ2v) is 10.8. The van der Waals surface area contributed by atoms with Gasteiger partial charge in [0.25, 0.3) is 5.56 Å². The van der Waals surface area contributed by atoms with Gasteiger partial charge in [0.2, 0.25) is 0 Å². The number of allylic oxidation sites excluding steroid dienone is 1. The number of hydrogen-bond donors (Lipinski definition) is 0. The predicted octanol–water partition coefficient (Wildman–Crippen LogP) is 5.68. The zero-order valence-corrected chi connectivity index (χ0v) is 24.6. The fraction of sp³-hybridized carbons (Fsp3) is 0.345. The van der Waals surface area contributed by atoms with Crippen molar-refractivity contribution in [3.05, 3.63) is 88.5 Å². The highest BCUT2D eigenvalue weighted by Gasteiger charge is 2.34. The van der Waals surface area contributed by atoms with Crippen LogP contribution in [0.4, 0.5) is 0 Å². The number of hydrogen-bond acceptors (Lipinski definition) is 7. The number of thiazole rings is 1. The van der Waals surface area contributed by atoms with Gasteiger partial charge >= 0.3 is 5.97 Å². The van der Waals surface area contributed by atoms with Gasteiger partial charge in [-0.2, -0.15) is 0 Å². The summed E-state index contributed by atoms with van der Waals surface area (Å²) in [5.41, 5.74) is 1.89. The highest BCUT2D eigenvalue weighted by Crippen LogP contribution is 2.36. The first kappa shape index (κ1) is 28.9. The molecule has 0 saturated carbocycles. The van der Waals surface area contributed by atoms with Gasteiger partial charge in [-0.3, -0.25) is 9.36 Å². The molecule has 2 aromatic carbocycles. The Morgan fingerprint density at radius 3 is 2.59 bits per heavy atom. The largest absolute Gasteiger partial charge is 0.493 e. The lowest BCUT2D eigenvalue weighted by molar-refractivity contribution is -0.139. The number of carbonyl (C=O) groups excluding carboxylic acids is 1. The lowest BCUT2D eigenvalue weighted by Gasteiger charge is -2.25. The van der Waals surface area contributed by atoms with Crippen LogP contribution in [0.15, 0.2) is 57.5 Å². The maximum absolute atomic E-state index is 13.8. The zero-order chi connectivity index (χ0) is 28.1. The summed E-state index contributed by atoms with van der Waals surface area (Å²) in [5.74, 6) is 0.587. The van der Waals surface area contributed by atoms with Gasteiger partial charge in [0.1, 0.15) is 0 Å². The number of unbranched alkanes of at least 4 members (excludes halogenated alkanes) is 2. The van der Waals surface area contributed by atoms with Gasteiger partial charge in [-0.1, -0.05) is 66.4 Å². The third-order valence-electron chi connectivity index (χ3n) is 6.27. The van der Waals surface area contributed by atoms with E-state index in [1.807, 2.05) is 12.1 Å². The van der Waals surface area contributed by atoms with E-state index in [-0.39, 0.29) is 12.2 Å². The lowest BCUT2D eigenvalue weighted by atomic mass is 9.95. The van der Waals surface area contributed by atoms with Crippen LogP contribution in [0.5, 0.6) is 11.5 Å². The fourth-order valence-electron chi connectivity index (χ4n) is 4.37. The van der Waals surface area contributed by atoms with E-state index in [9.17, 15) is 9.59 Å². The Kier molecular flexibility index (Phi) is 9.53. The Bertz CT molecular complexity index is 1590. The quantitative estimate of drug-likeness (QED) is 0.225. The predicted molar refractivity (Wildman–Crippen MR) is 155 cm³/mol. The molecule has 2 heterocycles. The molecule has 1 aliphatic heterocycles. The van der Waals surface area contributed by atoms with Crippen molar-refractivity contribution in [3.8, 4) is 11.5 Å². The molecule has 1 atom stereocenters. The normalized spacial score (nSPS) is 15.1. The molecule has 1 unspecified atom stereocenters. The van der Waals surface area contributed by atoms with E-state index in [0.29, 0.717) is 54.3 Å². The molecule has 39 heavy (non-hydrogen) atoms. The van der Waals surface area contributed by atoms with Crippen LogP contribution in [0.1, 0.15) is 57.2 Å². The van der Waals surface area contributed by atoms with Gasteiger partial charge in [0.15, 0.2) is 16.3 Å². The van der Waals surface area contributed by atoms with Crippen LogP contribution >= 0.6 is 34.5 Å². The number of ether oxygens (including phenoxy) is 3. The molecule has 7 nitrogen and oxygen atoms in total. The van der Waals surface area contributed by atoms with Crippen molar-refractivity contribution in [2.45, 2.75) is 46.1 Å². The Morgan fingerprint density at radius 2 is 1.90 bits per heavy atom. The average Bonchev–Trinajstić information content (AvgIpc) is 3.22. The smallest absolute Gasteiger partial charge is 0.338 e. The summed E-state index contributed by atoms with van der Waals surface area (Å²) in [6.07, 6.45) is 4.84. The van der Waals surface area contributed by atoms with Crippen molar-refractivity contribution in [1.29, 1.82) is 0 Å². The average molecular weight is 590 g/mol. The fourth-order valence-corrected chi connectivity index (χ4v) is 5.72. The van der Waals surface area contributed by atoms with Crippen molar-refractivity contribution in [2.24, 2.45) is 4.99 Å². The molecule has 4 rings (SSSR count).